The number of rotatable bonds is 10. The third kappa shape index (κ3) is 6.58. The molecule has 2 atom stereocenters. The second kappa shape index (κ2) is 12.2. The molecular formula is C29H36N6O3. The Bertz CT molecular complexity index is 1240. The zero-order valence-electron chi connectivity index (χ0n) is 21.7. The van der Waals surface area contributed by atoms with Crippen LogP contribution in [0.5, 0.6) is 0 Å². The van der Waals surface area contributed by atoms with Crippen LogP contribution in [0.2, 0.25) is 0 Å². The molecule has 200 valence electrons. The number of carboxylic acid groups (broad SMARTS) is 1. The average Bonchev–Trinajstić information content (AvgIpc) is 3.44. The zero-order chi connectivity index (χ0) is 26.3. The molecule has 9 heteroatoms. The van der Waals surface area contributed by atoms with Crippen molar-refractivity contribution in [2.24, 2.45) is 5.92 Å². The molecule has 3 aromatic rings. The summed E-state index contributed by atoms with van der Waals surface area (Å²) in [5, 5.41) is 20.3. The number of amides is 1. The number of nitrogens with one attached hydrogen (secondary N) is 2. The third-order valence-corrected chi connectivity index (χ3v) is 7.46. The Morgan fingerprint density at radius 3 is 2.87 bits per heavy atom. The van der Waals surface area contributed by atoms with Gasteiger partial charge in [-0.25, -0.2) is 9.67 Å². The maximum absolute atomic E-state index is 13.2. The van der Waals surface area contributed by atoms with E-state index in [0.29, 0.717) is 12.1 Å². The number of benzene rings is 1. The van der Waals surface area contributed by atoms with Crippen molar-refractivity contribution in [1.29, 1.82) is 0 Å². The van der Waals surface area contributed by atoms with Gasteiger partial charge in [0.1, 0.15) is 5.82 Å². The molecule has 1 amide bonds. The van der Waals surface area contributed by atoms with Crippen LogP contribution in [0.25, 0.3) is 5.69 Å². The number of aliphatic carboxylic acids is 1. The minimum atomic E-state index is -0.959. The Morgan fingerprint density at radius 2 is 2.03 bits per heavy atom. The Balaban J connectivity index is 1.15. The van der Waals surface area contributed by atoms with E-state index in [1.165, 1.54) is 5.56 Å². The number of nitrogens with zero attached hydrogens (tertiary/aromatic N) is 4. The number of carbonyl (C=O) groups excluding carboxylic acids is 1. The highest BCUT2D eigenvalue weighted by Gasteiger charge is 2.29. The summed E-state index contributed by atoms with van der Waals surface area (Å²) in [4.78, 5) is 32.0. The van der Waals surface area contributed by atoms with Gasteiger partial charge in [0, 0.05) is 30.5 Å². The Labute approximate surface area is 223 Å². The van der Waals surface area contributed by atoms with E-state index in [1.54, 1.807) is 17.1 Å². The minimum absolute atomic E-state index is 0.0872. The monoisotopic (exact) mass is 516 g/mol. The maximum Gasteiger partial charge on any atom is 0.305 e. The van der Waals surface area contributed by atoms with Crippen LogP contribution in [0.1, 0.15) is 55.0 Å². The van der Waals surface area contributed by atoms with Crippen molar-refractivity contribution >= 4 is 17.7 Å². The Hall–Kier alpha value is -3.72. The first-order chi connectivity index (χ1) is 18.5. The van der Waals surface area contributed by atoms with Crippen molar-refractivity contribution in [3.63, 3.8) is 0 Å². The van der Waals surface area contributed by atoms with Crippen molar-refractivity contribution < 1.29 is 14.7 Å². The van der Waals surface area contributed by atoms with Gasteiger partial charge in [-0.3, -0.25) is 9.59 Å². The summed E-state index contributed by atoms with van der Waals surface area (Å²) >= 11 is 0. The van der Waals surface area contributed by atoms with Crippen LogP contribution in [-0.4, -0.2) is 62.8 Å². The van der Waals surface area contributed by atoms with E-state index < -0.39 is 12.0 Å². The van der Waals surface area contributed by atoms with Gasteiger partial charge in [-0.1, -0.05) is 24.3 Å². The predicted octanol–water partition coefficient (Wildman–Crippen LogP) is 3.60. The van der Waals surface area contributed by atoms with Gasteiger partial charge in [0.2, 0.25) is 5.91 Å². The van der Waals surface area contributed by atoms with E-state index >= 15 is 0 Å². The second-order valence-electron chi connectivity index (χ2n) is 10.3. The molecule has 5 rings (SSSR count). The molecular weight excluding hydrogens is 480 g/mol. The van der Waals surface area contributed by atoms with Crippen LogP contribution in [0.4, 0.5) is 5.82 Å². The molecule has 4 heterocycles. The Kier molecular flexibility index (Phi) is 8.33. The normalized spacial score (nSPS) is 18.3. The van der Waals surface area contributed by atoms with Crippen LogP contribution >= 0.6 is 0 Å². The van der Waals surface area contributed by atoms with E-state index in [-0.39, 0.29) is 18.2 Å². The number of hydrogen-bond acceptors (Lipinski definition) is 6. The summed E-state index contributed by atoms with van der Waals surface area (Å²) in [6.07, 6.45) is 9.15. The van der Waals surface area contributed by atoms with Crippen LogP contribution < -0.4 is 10.6 Å². The summed E-state index contributed by atoms with van der Waals surface area (Å²) in [5.41, 5.74) is 3.98. The highest BCUT2D eigenvalue weighted by molar-refractivity contribution is 5.80. The van der Waals surface area contributed by atoms with E-state index in [0.717, 1.165) is 75.4 Å². The van der Waals surface area contributed by atoms with E-state index in [1.807, 2.05) is 30.3 Å². The van der Waals surface area contributed by atoms with Gasteiger partial charge in [0.25, 0.3) is 0 Å². The van der Waals surface area contributed by atoms with Gasteiger partial charge in [0.05, 0.1) is 30.3 Å². The lowest BCUT2D eigenvalue weighted by Gasteiger charge is -2.32. The molecule has 1 fully saturated rings. The van der Waals surface area contributed by atoms with Crippen molar-refractivity contribution in [2.45, 2.75) is 51.0 Å². The van der Waals surface area contributed by atoms with E-state index in [9.17, 15) is 14.7 Å². The number of fused-ring (bicyclic) bond motifs is 1. The summed E-state index contributed by atoms with van der Waals surface area (Å²) in [5.74, 6) is -0.168. The van der Waals surface area contributed by atoms with Crippen molar-refractivity contribution in [2.75, 3.05) is 31.5 Å². The van der Waals surface area contributed by atoms with Crippen molar-refractivity contribution in [1.82, 2.24) is 25.0 Å². The molecule has 0 saturated carbocycles. The molecule has 38 heavy (non-hydrogen) atoms. The van der Waals surface area contributed by atoms with Gasteiger partial charge in [-0.15, -0.1) is 0 Å². The largest absolute Gasteiger partial charge is 0.481 e. The highest BCUT2D eigenvalue weighted by Crippen LogP contribution is 2.23. The number of piperidine rings is 1. The SMILES string of the molecule is O=C(O)C[C@H](NC(=O)[C@@H]1CCCN(CCCc2ccc3c(n2)NCCC3)C1)c1cnn(-c2ccccc2)c1. The van der Waals surface area contributed by atoms with Crippen LogP contribution in [0.3, 0.4) is 0 Å². The van der Waals surface area contributed by atoms with Gasteiger partial charge in [-0.05, 0) is 75.4 Å². The molecule has 9 nitrogen and oxygen atoms in total. The zero-order valence-corrected chi connectivity index (χ0v) is 21.7. The minimum Gasteiger partial charge on any atom is -0.481 e. The number of aryl methyl sites for hydroxylation is 2. The number of carbonyl (C=O) groups is 2. The lowest BCUT2D eigenvalue weighted by molar-refractivity contribution is -0.138. The summed E-state index contributed by atoms with van der Waals surface area (Å²) in [6, 6.07) is 13.3. The molecule has 0 bridgehead atoms. The topological polar surface area (TPSA) is 112 Å². The first kappa shape index (κ1) is 25.9. The predicted molar refractivity (Wildman–Crippen MR) is 145 cm³/mol. The molecule has 2 aliphatic heterocycles. The lowest BCUT2D eigenvalue weighted by Crippen LogP contribution is -2.44. The molecule has 0 unspecified atom stereocenters. The first-order valence-corrected chi connectivity index (χ1v) is 13.6. The van der Waals surface area contributed by atoms with Gasteiger partial charge < -0.3 is 20.6 Å². The number of anilines is 1. The second-order valence-corrected chi connectivity index (χ2v) is 10.3. The number of para-hydroxylation sites is 1. The fraction of sp³-hybridized carbons (Fsp3) is 0.448. The Morgan fingerprint density at radius 1 is 1.16 bits per heavy atom. The molecule has 1 saturated heterocycles. The van der Waals surface area contributed by atoms with Gasteiger partial charge >= 0.3 is 5.97 Å². The van der Waals surface area contributed by atoms with Crippen LogP contribution in [0.15, 0.2) is 54.9 Å². The van der Waals surface area contributed by atoms with Crippen LogP contribution in [-0.2, 0) is 22.4 Å². The molecule has 1 aromatic carbocycles. The fourth-order valence-corrected chi connectivity index (χ4v) is 5.42. The maximum atomic E-state index is 13.2. The van der Waals surface area contributed by atoms with Crippen LogP contribution in [0, 0.1) is 5.92 Å². The quantitative estimate of drug-likeness (QED) is 0.377. The number of carboxylic acids is 1. The number of hydrogen-bond donors (Lipinski definition) is 3. The summed E-state index contributed by atoms with van der Waals surface area (Å²) in [7, 11) is 0. The third-order valence-electron chi connectivity index (χ3n) is 7.46. The van der Waals surface area contributed by atoms with Gasteiger partial charge in [-0.2, -0.15) is 5.10 Å². The summed E-state index contributed by atoms with van der Waals surface area (Å²) < 4.78 is 1.70. The fourth-order valence-electron chi connectivity index (χ4n) is 5.42. The molecule has 0 spiro atoms. The molecule has 0 radical (unpaired) electrons. The number of likely N-dealkylation sites (tertiary alicyclic amines) is 1. The van der Waals surface area contributed by atoms with E-state index in [4.69, 9.17) is 4.98 Å². The molecule has 2 aromatic heterocycles. The molecule has 0 aliphatic carbocycles. The standard InChI is InChI=1S/C29H36N6O3/c36-27(37)17-26(23-18-31-35(20-23)25-10-2-1-3-11-25)33-29(38)22-8-5-15-34(19-22)16-6-9-24-13-12-21-7-4-14-30-28(21)32-24/h1-3,10-13,18,20,22,26H,4-9,14-17,19H2,(H,30,32)(H,33,38)(H,36,37)/t22-,26+/m1/s1. The van der Waals surface area contributed by atoms with E-state index in [2.05, 4.69) is 32.8 Å². The lowest BCUT2D eigenvalue weighted by atomic mass is 9.95. The summed E-state index contributed by atoms with van der Waals surface area (Å²) in [6.45, 7) is 3.57. The van der Waals surface area contributed by atoms with Crippen molar-refractivity contribution in [3.8, 4) is 5.69 Å². The smallest absolute Gasteiger partial charge is 0.305 e. The van der Waals surface area contributed by atoms with Gasteiger partial charge in [0.15, 0.2) is 0 Å². The molecule has 2 aliphatic rings. The number of aromatic nitrogens is 3. The van der Waals surface area contributed by atoms with Crippen molar-refractivity contribution in [3.05, 3.63) is 71.7 Å². The molecule has 3 N–H and O–H groups in total. The first-order valence-electron chi connectivity index (χ1n) is 13.6. The number of pyridine rings is 1. The highest BCUT2D eigenvalue weighted by atomic mass is 16.4. The average molecular weight is 517 g/mol.